The summed E-state index contributed by atoms with van der Waals surface area (Å²) < 4.78 is 0. The van der Waals surface area contributed by atoms with E-state index < -0.39 is 0 Å². The van der Waals surface area contributed by atoms with Gasteiger partial charge in [0, 0.05) is 0 Å². The zero-order valence-corrected chi connectivity index (χ0v) is 6.36. The minimum absolute atomic E-state index is 0.230. The lowest BCUT2D eigenvalue weighted by molar-refractivity contribution is 0.492. The average Bonchev–Trinajstić information content (AvgIpc) is 1.63. The molecule has 0 amide bonds. The molecule has 0 saturated carbocycles. The van der Waals surface area contributed by atoms with Crippen molar-refractivity contribution in [3.63, 3.8) is 0 Å². The van der Waals surface area contributed by atoms with Crippen molar-refractivity contribution in [1.82, 2.24) is 0 Å². The van der Waals surface area contributed by atoms with Gasteiger partial charge in [-0.1, -0.05) is 5.57 Å². The Kier molecular flexibility index (Phi) is 2.45. The Labute approximate surface area is 57.0 Å². The molecule has 0 fully saturated rings. The molecular weight excluding hydrogens is 110 g/mol. The summed E-state index contributed by atoms with van der Waals surface area (Å²) >= 11 is 0. The quantitative estimate of drug-likeness (QED) is 0.517. The molecule has 0 rings (SSSR count). The zero-order valence-electron chi connectivity index (χ0n) is 6.36. The van der Waals surface area contributed by atoms with Crippen molar-refractivity contribution in [2.45, 2.75) is 27.2 Å². The van der Waals surface area contributed by atoms with Gasteiger partial charge in [-0.05, 0) is 27.2 Å². The number of allylic oxidation sites excluding steroid dienone is 1. The highest BCUT2D eigenvalue weighted by Crippen LogP contribution is 2.22. The first-order valence-corrected chi connectivity index (χ1v) is 3.03. The minimum Gasteiger partial charge on any atom is -0.198 e. The maximum absolute atomic E-state index is 8.55. The Bertz CT molecular complexity index is 148. The monoisotopic (exact) mass is 123 g/mol. The van der Waals surface area contributed by atoms with Crippen molar-refractivity contribution in [2.24, 2.45) is 5.41 Å². The molecule has 0 atom stereocenters. The van der Waals surface area contributed by atoms with Crippen LogP contribution in [0.4, 0.5) is 0 Å². The largest absolute Gasteiger partial charge is 0.198 e. The highest BCUT2D eigenvalue weighted by Gasteiger charge is 2.15. The first kappa shape index (κ1) is 8.23. The van der Waals surface area contributed by atoms with Gasteiger partial charge in [-0.15, -0.1) is 6.58 Å². The Morgan fingerprint density at radius 1 is 1.67 bits per heavy atom. The molecular formula is C8H13N. The third-order valence-corrected chi connectivity index (χ3v) is 1.05. The molecule has 0 aromatic rings. The summed E-state index contributed by atoms with van der Waals surface area (Å²) in [5, 5.41) is 8.55. The van der Waals surface area contributed by atoms with E-state index in [1.54, 1.807) is 0 Å². The number of rotatable bonds is 2. The zero-order chi connectivity index (χ0) is 7.49. The highest BCUT2D eigenvalue weighted by molar-refractivity contribution is 5.02. The van der Waals surface area contributed by atoms with E-state index in [0.717, 1.165) is 12.0 Å². The maximum atomic E-state index is 8.55. The number of hydrogen-bond donors (Lipinski definition) is 0. The van der Waals surface area contributed by atoms with Gasteiger partial charge in [0.15, 0.2) is 0 Å². The molecule has 0 unspecified atom stereocenters. The molecule has 0 bridgehead atoms. The predicted molar refractivity (Wildman–Crippen MR) is 38.8 cm³/mol. The van der Waals surface area contributed by atoms with E-state index >= 15 is 0 Å². The van der Waals surface area contributed by atoms with Crippen molar-refractivity contribution >= 4 is 0 Å². The standard InChI is InChI=1S/C8H13N/c1-7(2)5-8(3,4)6-9/h1,5H2,2-4H3. The van der Waals surface area contributed by atoms with Crippen LogP contribution >= 0.6 is 0 Å². The third-order valence-electron chi connectivity index (χ3n) is 1.05. The number of nitriles is 1. The smallest absolute Gasteiger partial charge is 0.0687 e. The van der Waals surface area contributed by atoms with E-state index in [-0.39, 0.29) is 5.41 Å². The lowest BCUT2D eigenvalue weighted by Crippen LogP contribution is -2.07. The van der Waals surface area contributed by atoms with Gasteiger partial charge in [0.25, 0.3) is 0 Å². The van der Waals surface area contributed by atoms with Gasteiger partial charge < -0.3 is 0 Å². The molecule has 0 aromatic carbocycles. The van der Waals surface area contributed by atoms with Crippen LogP contribution in [0.5, 0.6) is 0 Å². The van der Waals surface area contributed by atoms with Crippen LogP contribution in [0.2, 0.25) is 0 Å². The molecule has 0 aromatic heterocycles. The van der Waals surface area contributed by atoms with E-state index in [1.165, 1.54) is 0 Å². The fourth-order valence-corrected chi connectivity index (χ4v) is 0.794. The summed E-state index contributed by atoms with van der Waals surface area (Å²) in [7, 11) is 0. The molecule has 1 nitrogen and oxygen atoms in total. The van der Waals surface area contributed by atoms with Crippen LogP contribution in [0.15, 0.2) is 12.2 Å². The lowest BCUT2D eigenvalue weighted by atomic mass is 9.88. The lowest BCUT2D eigenvalue weighted by Gasteiger charge is -2.13. The van der Waals surface area contributed by atoms with Gasteiger partial charge in [-0.3, -0.25) is 0 Å². The van der Waals surface area contributed by atoms with Crippen LogP contribution in [0.25, 0.3) is 0 Å². The Hall–Kier alpha value is -0.770. The van der Waals surface area contributed by atoms with Crippen molar-refractivity contribution < 1.29 is 0 Å². The first-order chi connectivity index (χ1) is 3.98. The van der Waals surface area contributed by atoms with Crippen LogP contribution < -0.4 is 0 Å². The topological polar surface area (TPSA) is 23.8 Å². The first-order valence-electron chi connectivity index (χ1n) is 3.03. The van der Waals surface area contributed by atoms with E-state index in [2.05, 4.69) is 12.6 Å². The van der Waals surface area contributed by atoms with Crippen LogP contribution in [0.3, 0.4) is 0 Å². The Morgan fingerprint density at radius 2 is 2.11 bits per heavy atom. The fraction of sp³-hybridized carbons (Fsp3) is 0.625. The average molecular weight is 123 g/mol. The van der Waals surface area contributed by atoms with E-state index in [9.17, 15) is 0 Å². The van der Waals surface area contributed by atoms with Gasteiger partial charge in [0.2, 0.25) is 0 Å². The van der Waals surface area contributed by atoms with Gasteiger partial charge in [-0.2, -0.15) is 5.26 Å². The molecule has 0 saturated heterocycles. The second-order valence-electron chi connectivity index (χ2n) is 3.13. The molecule has 0 radical (unpaired) electrons. The van der Waals surface area contributed by atoms with Crippen molar-refractivity contribution in [3.05, 3.63) is 12.2 Å². The summed E-state index contributed by atoms with van der Waals surface area (Å²) in [5.74, 6) is 0. The summed E-state index contributed by atoms with van der Waals surface area (Å²) in [4.78, 5) is 0. The SMILES string of the molecule is C=C(C)CC(C)(C)C#N. The molecule has 0 heterocycles. The Balaban J connectivity index is 3.91. The van der Waals surface area contributed by atoms with Crippen molar-refractivity contribution in [3.8, 4) is 6.07 Å². The summed E-state index contributed by atoms with van der Waals surface area (Å²) in [5.41, 5.74) is 0.841. The molecule has 0 N–H and O–H groups in total. The fourth-order valence-electron chi connectivity index (χ4n) is 0.794. The molecule has 0 spiro atoms. The number of hydrogen-bond acceptors (Lipinski definition) is 1. The second-order valence-corrected chi connectivity index (χ2v) is 3.13. The third kappa shape index (κ3) is 3.78. The summed E-state index contributed by atoms with van der Waals surface area (Å²) in [6, 6.07) is 2.21. The van der Waals surface area contributed by atoms with Crippen molar-refractivity contribution in [2.75, 3.05) is 0 Å². The molecule has 50 valence electrons. The van der Waals surface area contributed by atoms with Gasteiger partial charge >= 0.3 is 0 Å². The van der Waals surface area contributed by atoms with Gasteiger partial charge in [0.05, 0.1) is 11.5 Å². The highest BCUT2D eigenvalue weighted by atomic mass is 14.3. The number of nitrogens with zero attached hydrogens (tertiary/aromatic N) is 1. The van der Waals surface area contributed by atoms with E-state index in [1.807, 2.05) is 20.8 Å². The predicted octanol–water partition coefficient (Wildman–Crippen LogP) is 2.50. The van der Waals surface area contributed by atoms with Gasteiger partial charge in [-0.25, -0.2) is 0 Å². The minimum atomic E-state index is -0.230. The van der Waals surface area contributed by atoms with Crippen LogP contribution in [-0.4, -0.2) is 0 Å². The van der Waals surface area contributed by atoms with Crippen LogP contribution in [-0.2, 0) is 0 Å². The molecule has 0 aliphatic carbocycles. The molecule has 0 aliphatic rings. The van der Waals surface area contributed by atoms with Crippen LogP contribution in [0.1, 0.15) is 27.2 Å². The molecule has 9 heavy (non-hydrogen) atoms. The second kappa shape index (κ2) is 2.68. The normalized spacial score (nSPS) is 10.4. The summed E-state index contributed by atoms with van der Waals surface area (Å²) in [6.45, 7) is 9.52. The molecule has 1 heteroatoms. The van der Waals surface area contributed by atoms with E-state index in [0.29, 0.717) is 0 Å². The molecule has 0 aliphatic heterocycles. The maximum Gasteiger partial charge on any atom is 0.0687 e. The van der Waals surface area contributed by atoms with Crippen molar-refractivity contribution in [1.29, 1.82) is 5.26 Å². The summed E-state index contributed by atoms with van der Waals surface area (Å²) in [6.07, 6.45) is 0.795. The van der Waals surface area contributed by atoms with E-state index in [4.69, 9.17) is 5.26 Å². The van der Waals surface area contributed by atoms with Crippen LogP contribution in [0, 0.1) is 16.7 Å². The van der Waals surface area contributed by atoms with Gasteiger partial charge in [0.1, 0.15) is 0 Å². The Morgan fingerprint density at radius 3 is 2.22 bits per heavy atom.